The van der Waals surface area contributed by atoms with Crippen LogP contribution < -0.4 is 5.32 Å². The van der Waals surface area contributed by atoms with Gasteiger partial charge in [0.05, 0.1) is 16.9 Å². The number of halogens is 7. The Morgan fingerprint density at radius 1 is 1.18 bits per heavy atom. The molecular formula is C14H9F7N4O3. The zero-order chi connectivity index (χ0) is 21.5. The Morgan fingerprint density at radius 3 is 2.07 bits per heavy atom. The van der Waals surface area contributed by atoms with Gasteiger partial charge in [-0.3, -0.25) is 4.79 Å². The van der Waals surface area contributed by atoms with E-state index in [4.69, 9.17) is 0 Å². The summed E-state index contributed by atoms with van der Waals surface area (Å²) in [6, 6.07) is -0.497. The number of hydrogen-bond donors (Lipinski definition) is 1. The summed E-state index contributed by atoms with van der Waals surface area (Å²) in [5.41, 5.74) is -4.48. The van der Waals surface area contributed by atoms with Gasteiger partial charge in [0.2, 0.25) is 0 Å². The Labute approximate surface area is 150 Å². The SMILES string of the molecule is Cc1cc([N+](=O)[O-])nn1C(C)C(=O)Nc1c(F)c(F)c(C(F)(F)F)c(F)c1F. The summed E-state index contributed by atoms with van der Waals surface area (Å²) in [7, 11) is 0. The first-order valence-corrected chi connectivity index (χ1v) is 7.21. The standard InChI is InChI=1S/C14H9F7N4O3/c1-4-3-6(25(27)28)23-24(4)5(2)13(26)22-12-10(17)8(15)7(14(19,20)21)9(16)11(12)18/h3,5H,1-2H3,(H,22,26). The smallest absolute Gasteiger partial charge is 0.358 e. The van der Waals surface area contributed by atoms with Crippen molar-refractivity contribution in [2.75, 3.05) is 5.32 Å². The number of nitrogens with one attached hydrogen (secondary N) is 1. The summed E-state index contributed by atoms with van der Waals surface area (Å²) >= 11 is 0. The maximum Gasteiger partial charge on any atom is 0.422 e. The third kappa shape index (κ3) is 3.61. The van der Waals surface area contributed by atoms with E-state index in [1.807, 2.05) is 0 Å². The van der Waals surface area contributed by atoms with E-state index in [1.165, 1.54) is 12.2 Å². The molecule has 0 saturated carbocycles. The van der Waals surface area contributed by atoms with E-state index in [-0.39, 0.29) is 5.69 Å². The summed E-state index contributed by atoms with van der Waals surface area (Å²) in [6.07, 6.45) is -5.73. The Kier molecular flexibility index (Phi) is 5.34. The van der Waals surface area contributed by atoms with Crippen molar-refractivity contribution in [3.63, 3.8) is 0 Å². The van der Waals surface area contributed by atoms with Crippen molar-refractivity contribution in [1.29, 1.82) is 0 Å². The third-order valence-electron chi connectivity index (χ3n) is 3.64. The fraction of sp³-hybridized carbons (Fsp3) is 0.286. The zero-order valence-electron chi connectivity index (χ0n) is 13.9. The molecule has 0 aliphatic carbocycles. The molecule has 0 aliphatic rings. The van der Waals surface area contributed by atoms with E-state index in [1.54, 1.807) is 0 Å². The van der Waals surface area contributed by atoms with Crippen LogP contribution in [0.1, 0.15) is 24.2 Å². The number of rotatable bonds is 4. The first-order valence-electron chi connectivity index (χ1n) is 7.21. The molecule has 1 heterocycles. The average molecular weight is 414 g/mol. The number of aromatic nitrogens is 2. The molecular weight excluding hydrogens is 405 g/mol. The van der Waals surface area contributed by atoms with E-state index >= 15 is 0 Å². The third-order valence-corrected chi connectivity index (χ3v) is 3.64. The summed E-state index contributed by atoms with van der Waals surface area (Å²) < 4.78 is 93.3. The molecule has 0 aliphatic heterocycles. The van der Waals surface area contributed by atoms with Crippen LogP contribution in [0.15, 0.2) is 6.07 Å². The minimum Gasteiger partial charge on any atom is -0.358 e. The molecule has 0 saturated heterocycles. The Bertz CT molecular complexity index is 942. The van der Waals surface area contributed by atoms with E-state index in [0.29, 0.717) is 0 Å². The fourth-order valence-corrected chi connectivity index (χ4v) is 2.28. The molecule has 0 spiro atoms. The van der Waals surface area contributed by atoms with E-state index in [0.717, 1.165) is 17.7 Å². The van der Waals surface area contributed by atoms with E-state index in [9.17, 15) is 45.6 Å². The van der Waals surface area contributed by atoms with Gasteiger partial charge in [0.25, 0.3) is 5.91 Å². The largest absolute Gasteiger partial charge is 0.422 e. The predicted molar refractivity (Wildman–Crippen MR) is 78.2 cm³/mol. The molecule has 14 heteroatoms. The molecule has 1 amide bonds. The minimum atomic E-state index is -5.73. The van der Waals surface area contributed by atoms with Gasteiger partial charge in [0, 0.05) is 0 Å². The van der Waals surface area contributed by atoms with Gasteiger partial charge in [0.15, 0.2) is 23.3 Å². The van der Waals surface area contributed by atoms with Crippen LogP contribution in [0.25, 0.3) is 0 Å². The highest BCUT2D eigenvalue weighted by atomic mass is 19.4. The van der Waals surface area contributed by atoms with Crippen LogP contribution in [0.5, 0.6) is 0 Å². The monoisotopic (exact) mass is 414 g/mol. The minimum absolute atomic E-state index is 0.0834. The summed E-state index contributed by atoms with van der Waals surface area (Å²) in [5.74, 6) is -12.4. The first-order chi connectivity index (χ1) is 12.8. The molecule has 1 aromatic carbocycles. The number of amides is 1. The molecule has 0 bridgehead atoms. The van der Waals surface area contributed by atoms with Crippen molar-refractivity contribution in [2.45, 2.75) is 26.1 Å². The molecule has 1 atom stereocenters. The zero-order valence-corrected chi connectivity index (χ0v) is 13.9. The average Bonchev–Trinajstić information content (AvgIpc) is 2.97. The second-order valence-corrected chi connectivity index (χ2v) is 5.51. The van der Waals surface area contributed by atoms with Crippen LogP contribution in [-0.4, -0.2) is 20.6 Å². The molecule has 2 rings (SSSR count). The molecule has 1 N–H and O–H groups in total. The Balaban J connectivity index is 2.43. The van der Waals surface area contributed by atoms with Gasteiger partial charge in [0.1, 0.15) is 17.3 Å². The van der Waals surface area contributed by atoms with Gasteiger partial charge in [-0.05, 0) is 18.8 Å². The quantitative estimate of drug-likeness (QED) is 0.356. The van der Waals surface area contributed by atoms with Crippen LogP contribution in [0.4, 0.5) is 42.2 Å². The number of anilines is 1. The van der Waals surface area contributed by atoms with Crippen molar-refractivity contribution >= 4 is 17.4 Å². The topological polar surface area (TPSA) is 90.1 Å². The normalized spacial score (nSPS) is 12.8. The molecule has 28 heavy (non-hydrogen) atoms. The maximum absolute atomic E-state index is 13.8. The molecule has 0 radical (unpaired) electrons. The number of aryl methyl sites for hydroxylation is 1. The van der Waals surface area contributed by atoms with Gasteiger partial charge >= 0.3 is 12.0 Å². The number of carbonyl (C=O) groups is 1. The van der Waals surface area contributed by atoms with Crippen LogP contribution in [0.3, 0.4) is 0 Å². The Hall–Kier alpha value is -3.19. The summed E-state index contributed by atoms with van der Waals surface area (Å²) in [4.78, 5) is 21.9. The summed E-state index contributed by atoms with van der Waals surface area (Å²) in [6.45, 7) is 2.38. The van der Waals surface area contributed by atoms with Gasteiger partial charge in [-0.15, -0.1) is 0 Å². The van der Waals surface area contributed by atoms with Crippen LogP contribution in [-0.2, 0) is 11.0 Å². The first kappa shape index (κ1) is 21.1. The molecule has 152 valence electrons. The highest BCUT2D eigenvalue weighted by Crippen LogP contribution is 2.38. The lowest BCUT2D eigenvalue weighted by Crippen LogP contribution is -2.27. The Morgan fingerprint density at radius 2 is 1.68 bits per heavy atom. The molecule has 1 unspecified atom stereocenters. The van der Waals surface area contributed by atoms with Gasteiger partial charge < -0.3 is 15.4 Å². The number of alkyl halides is 3. The number of benzene rings is 1. The van der Waals surface area contributed by atoms with Gasteiger partial charge in [-0.25, -0.2) is 17.6 Å². The molecule has 1 aromatic heterocycles. The lowest BCUT2D eigenvalue weighted by Gasteiger charge is -2.16. The van der Waals surface area contributed by atoms with Crippen molar-refractivity contribution in [3.8, 4) is 0 Å². The lowest BCUT2D eigenvalue weighted by molar-refractivity contribution is -0.389. The maximum atomic E-state index is 13.8. The van der Waals surface area contributed by atoms with Crippen molar-refractivity contribution in [3.05, 3.63) is 50.7 Å². The summed E-state index contributed by atoms with van der Waals surface area (Å²) in [5, 5.41) is 15.6. The van der Waals surface area contributed by atoms with E-state index in [2.05, 4.69) is 5.10 Å². The van der Waals surface area contributed by atoms with Crippen LogP contribution in [0.2, 0.25) is 0 Å². The van der Waals surface area contributed by atoms with Crippen LogP contribution >= 0.6 is 0 Å². The number of nitrogens with zero attached hydrogens (tertiary/aromatic N) is 3. The molecule has 2 aromatic rings. The highest BCUT2D eigenvalue weighted by molar-refractivity contribution is 5.93. The van der Waals surface area contributed by atoms with Crippen molar-refractivity contribution in [2.24, 2.45) is 0 Å². The second-order valence-electron chi connectivity index (χ2n) is 5.51. The number of carbonyl (C=O) groups excluding carboxylic acids is 1. The van der Waals surface area contributed by atoms with Gasteiger partial charge in [-0.1, -0.05) is 0 Å². The number of hydrogen-bond acceptors (Lipinski definition) is 4. The van der Waals surface area contributed by atoms with Gasteiger partial charge in [-0.2, -0.15) is 17.9 Å². The van der Waals surface area contributed by atoms with Crippen molar-refractivity contribution in [1.82, 2.24) is 9.78 Å². The van der Waals surface area contributed by atoms with Crippen molar-refractivity contribution < 1.29 is 40.5 Å². The van der Waals surface area contributed by atoms with Crippen LogP contribution in [0, 0.1) is 40.3 Å². The fourth-order valence-electron chi connectivity index (χ4n) is 2.28. The highest BCUT2D eigenvalue weighted by Gasteiger charge is 2.42. The predicted octanol–water partition coefficient (Wildman–Crippen LogP) is 3.87. The molecule has 0 fully saturated rings. The van der Waals surface area contributed by atoms with E-state index < -0.39 is 63.4 Å². The lowest BCUT2D eigenvalue weighted by atomic mass is 10.1. The second kappa shape index (κ2) is 7.09. The molecule has 7 nitrogen and oxygen atoms in total. The number of nitro groups is 1.